The van der Waals surface area contributed by atoms with Crippen molar-refractivity contribution in [1.29, 1.82) is 0 Å². The molecular formula is C25H16ClFN2O3S. The number of amides is 1. The topological polar surface area (TPSA) is 67.3 Å². The number of halogens is 2. The summed E-state index contributed by atoms with van der Waals surface area (Å²) in [5, 5.41) is 0.820. The Balaban J connectivity index is 1.66. The molecule has 0 aliphatic carbocycles. The second kappa shape index (κ2) is 8.17. The van der Waals surface area contributed by atoms with E-state index in [2.05, 4.69) is 4.98 Å². The molecule has 1 fully saturated rings. The Kier molecular flexibility index (Phi) is 5.31. The van der Waals surface area contributed by atoms with E-state index in [9.17, 15) is 18.8 Å². The van der Waals surface area contributed by atoms with E-state index in [1.807, 2.05) is 25.1 Å². The third-order valence-corrected chi connectivity index (χ3v) is 6.94. The summed E-state index contributed by atoms with van der Waals surface area (Å²) < 4.78 is 14.3. The van der Waals surface area contributed by atoms with Crippen molar-refractivity contribution in [3.8, 4) is 0 Å². The van der Waals surface area contributed by atoms with E-state index in [0.717, 1.165) is 22.4 Å². The molecule has 1 aliphatic heterocycles. The third-order valence-electron chi connectivity index (χ3n) is 5.67. The maximum absolute atomic E-state index is 13.4. The van der Waals surface area contributed by atoms with Gasteiger partial charge >= 0.3 is 0 Å². The number of rotatable bonds is 4. The van der Waals surface area contributed by atoms with Gasteiger partial charge in [-0.05, 0) is 66.6 Å². The van der Waals surface area contributed by atoms with Crippen LogP contribution in [0.5, 0.6) is 0 Å². The fraction of sp³-hybridized carbons (Fsp3) is 0.120. The van der Waals surface area contributed by atoms with Crippen LogP contribution in [0.25, 0.3) is 10.2 Å². The number of hydrogen-bond donors (Lipinski definition) is 0. The van der Waals surface area contributed by atoms with Crippen molar-refractivity contribution < 1.29 is 18.8 Å². The van der Waals surface area contributed by atoms with Gasteiger partial charge in [0, 0.05) is 10.6 Å². The molecule has 2 heterocycles. The Labute approximate surface area is 197 Å². The summed E-state index contributed by atoms with van der Waals surface area (Å²) in [5.74, 6) is -3.96. The number of thiazole rings is 1. The quantitative estimate of drug-likeness (QED) is 0.219. The van der Waals surface area contributed by atoms with Crippen molar-refractivity contribution >= 4 is 55.8 Å². The van der Waals surface area contributed by atoms with Gasteiger partial charge in [-0.2, -0.15) is 0 Å². The van der Waals surface area contributed by atoms with E-state index in [4.69, 9.17) is 11.6 Å². The molecule has 1 aromatic heterocycles. The summed E-state index contributed by atoms with van der Waals surface area (Å²) in [4.78, 5) is 45.6. The number of ketones is 2. The number of aromatic nitrogens is 1. The molecule has 164 valence electrons. The molecule has 0 bridgehead atoms. The van der Waals surface area contributed by atoms with Crippen LogP contribution in [0.15, 0.2) is 66.7 Å². The molecule has 2 unspecified atom stereocenters. The highest BCUT2D eigenvalue weighted by Gasteiger charge is 2.53. The molecule has 0 spiro atoms. The maximum Gasteiger partial charge on any atom is 0.297 e. The predicted octanol–water partition coefficient (Wildman–Crippen LogP) is 5.55. The van der Waals surface area contributed by atoms with Crippen LogP contribution in [0.2, 0.25) is 5.02 Å². The molecule has 0 saturated carbocycles. The molecule has 5 nitrogen and oxygen atoms in total. The molecule has 0 N–H and O–H groups in total. The van der Waals surface area contributed by atoms with Gasteiger partial charge in [-0.1, -0.05) is 41.1 Å². The average molecular weight is 479 g/mol. The normalized spacial score (nSPS) is 18.3. The van der Waals surface area contributed by atoms with Crippen LogP contribution in [-0.4, -0.2) is 22.5 Å². The number of nitrogens with zero attached hydrogens (tertiary/aromatic N) is 2. The SMILES string of the molecule is Cc1ccc2nc(N3C(=O)C(=O)C(C(=O)c4ccc(F)cc4)C3c3ccc(Cl)cc3)sc2c1. The molecule has 2 atom stereocenters. The number of carbonyl (C=O) groups excluding carboxylic acids is 3. The van der Waals surface area contributed by atoms with E-state index in [1.165, 1.54) is 28.4 Å². The van der Waals surface area contributed by atoms with Gasteiger partial charge in [0.1, 0.15) is 11.7 Å². The monoisotopic (exact) mass is 478 g/mol. The molecule has 8 heteroatoms. The zero-order valence-corrected chi connectivity index (χ0v) is 18.9. The molecule has 1 saturated heterocycles. The average Bonchev–Trinajstić information content (AvgIpc) is 3.32. The number of benzene rings is 3. The molecular weight excluding hydrogens is 463 g/mol. The highest BCUT2D eigenvalue weighted by molar-refractivity contribution is 7.22. The van der Waals surface area contributed by atoms with Gasteiger partial charge in [0.2, 0.25) is 5.78 Å². The first-order valence-electron chi connectivity index (χ1n) is 10.1. The summed E-state index contributed by atoms with van der Waals surface area (Å²) in [6.45, 7) is 1.96. The van der Waals surface area contributed by atoms with Gasteiger partial charge in [-0.3, -0.25) is 19.3 Å². The molecule has 3 aromatic carbocycles. The molecule has 1 aliphatic rings. The zero-order chi connectivity index (χ0) is 23.3. The Hall–Kier alpha value is -3.42. The zero-order valence-electron chi connectivity index (χ0n) is 17.3. The highest BCUT2D eigenvalue weighted by atomic mass is 35.5. The van der Waals surface area contributed by atoms with Gasteiger partial charge in [-0.15, -0.1) is 0 Å². The standard InChI is InChI=1S/C25H16ClFN2O3S/c1-13-2-11-18-19(12-13)33-25(28-18)29-21(14-3-7-16(26)8-4-14)20(23(31)24(29)32)22(30)15-5-9-17(27)10-6-15/h2-12,20-21H,1H3. The summed E-state index contributed by atoms with van der Waals surface area (Å²) in [7, 11) is 0. The molecule has 33 heavy (non-hydrogen) atoms. The van der Waals surface area contributed by atoms with Gasteiger partial charge in [-0.25, -0.2) is 9.37 Å². The lowest BCUT2D eigenvalue weighted by Gasteiger charge is -2.25. The third kappa shape index (κ3) is 3.73. The fourth-order valence-electron chi connectivity index (χ4n) is 4.06. The minimum absolute atomic E-state index is 0.156. The summed E-state index contributed by atoms with van der Waals surface area (Å²) in [6, 6.07) is 16.4. The summed E-state index contributed by atoms with van der Waals surface area (Å²) >= 11 is 7.33. The Morgan fingerprint density at radius 2 is 1.73 bits per heavy atom. The lowest BCUT2D eigenvalue weighted by Crippen LogP contribution is -2.30. The lowest BCUT2D eigenvalue weighted by atomic mass is 9.86. The van der Waals surface area contributed by atoms with Crippen LogP contribution in [-0.2, 0) is 9.59 Å². The van der Waals surface area contributed by atoms with E-state index >= 15 is 0 Å². The fourth-order valence-corrected chi connectivity index (χ4v) is 5.28. The maximum atomic E-state index is 13.4. The molecule has 0 radical (unpaired) electrons. The van der Waals surface area contributed by atoms with Crippen LogP contribution in [0.1, 0.15) is 27.5 Å². The van der Waals surface area contributed by atoms with Crippen LogP contribution >= 0.6 is 22.9 Å². The number of fused-ring (bicyclic) bond motifs is 1. The van der Waals surface area contributed by atoms with Crippen LogP contribution in [0, 0.1) is 18.7 Å². The smallest absolute Gasteiger partial charge is 0.293 e. The van der Waals surface area contributed by atoms with Crippen molar-refractivity contribution in [2.75, 3.05) is 4.90 Å². The number of Topliss-reactive ketones (excluding diaryl/α,β-unsaturated/α-hetero) is 2. The second-order valence-corrected chi connectivity index (χ2v) is 9.30. The molecule has 1 amide bonds. The van der Waals surface area contributed by atoms with Crippen molar-refractivity contribution in [2.24, 2.45) is 5.92 Å². The van der Waals surface area contributed by atoms with Gasteiger partial charge < -0.3 is 0 Å². The largest absolute Gasteiger partial charge is 0.297 e. The van der Waals surface area contributed by atoms with Gasteiger partial charge in [0.05, 0.1) is 16.3 Å². The van der Waals surface area contributed by atoms with Crippen molar-refractivity contribution in [3.05, 3.63) is 94.3 Å². The first-order valence-corrected chi connectivity index (χ1v) is 11.3. The molecule has 5 rings (SSSR count). The lowest BCUT2D eigenvalue weighted by molar-refractivity contribution is -0.135. The predicted molar refractivity (Wildman–Crippen MR) is 125 cm³/mol. The van der Waals surface area contributed by atoms with Crippen LogP contribution < -0.4 is 4.90 Å². The van der Waals surface area contributed by atoms with Crippen molar-refractivity contribution in [1.82, 2.24) is 4.98 Å². The Morgan fingerprint density at radius 1 is 1.03 bits per heavy atom. The highest BCUT2D eigenvalue weighted by Crippen LogP contribution is 2.43. The van der Waals surface area contributed by atoms with Gasteiger partial charge in [0.15, 0.2) is 10.9 Å². The first kappa shape index (κ1) is 21.4. The first-order chi connectivity index (χ1) is 15.8. The number of anilines is 1. The van der Waals surface area contributed by atoms with E-state index < -0.39 is 35.3 Å². The van der Waals surface area contributed by atoms with E-state index in [-0.39, 0.29) is 5.56 Å². The van der Waals surface area contributed by atoms with Crippen LogP contribution in [0.4, 0.5) is 9.52 Å². The van der Waals surface area contributed by atoms with Crippen LogP contribution in [0.3, 0.4) is 0 Å². The number of carbonyl (C=O) groups is 3. The minimum atomic E-state index is -1.29. The molecule has 4 aromatic rings. The van der Waals surface area contributed by atoms with E-state index in [1.54, 1.807) is 24.3 Å². The van der Waals surface area contributed by atoms with Crippen molar-refractivity contribution in [2.45, 2.75) is 13.0 Å². The summed E-state index contributed by atoms with van der Waals surface area (Å²) in [6.07, 6.45) is 0. The van der Waals surface area contributed by atoms with E-state index in [0.29, 0.717) is 21.2 Å². The minimum Gasteiger partial charge on any atom is -0.293 e. The summed E-state index contributed by atoms with van der Waals surface area (Å²) in [5.41, 5.74) is 2.47. The second-order valence-electron chi connectivity index (χ2n) is 7.85. The van der Waals surface area contributed by atoms with Gasteiger partial charge in [0.25, 0.3) is 5.91 Å². The number of hydrogen-bond acceptors (Lipinski definition) is 5. The number of aryl methyl sites for hydroxylation is 1. The Morgan fingerprint density at radius 3 is 2.42 bits per heavy atom. The Bertz CT molecular complexity index is 1420. The van der Waals surface area contributed by atoms with Crippen molar-refractivity contribution in [3.63, 3.8) is 0 Å².